The summed E-state index contributed by atoms with van der Waals surface area (Å²) in [7, 11) is 0. The van der Waals surface area contributed by atoms with E-state index >= 15 is 0 Å². The minimum Gasteiger partial charge on any atom is -0.384 e. The average molecular weight is 241 g/mol. The SMILES string of the molecule is Cc1ccc2c(c1)NCC(c1ccc(F)cc1)C2. The van der Waals surface area contributed by atoms with E-state index in [2.05, 4.69) is 30.4 Å². The maximum absolute atomic E-state index is 12.9. The number of benzene rings is 2. The van der Waals surface area contributed by atoms with E-state index in [9.17, 15) is 4.39 Å². The summed E-state index contributed by atoms with van der Waals surface area (Å²) in [6.45, 7) is 3.02. The first kappa shape index (κ1) is 11.3. The van der Waals surface area contributed by atoms with Crippen molar-refractivity contribution in [1.29, 1.82) is 0 Å². The highest BCUT2D eigenvalue weighted by molar-refractivity contribution is 5.56. The van der Waals surface area contributed by atoms with Crippen LogP contribution < -0.4 is 5.32 Å². The number of aryl methyl sites for hydroxylation is 1. The van der Waals surface area contributed by atoms with Crippen molar-refractivity contribution in [1.82, 2.24) is 0 Å². The largest absolute Gasteiger partial charge is 0.384 e. The van der Waals surface area contributed by atoms with Crippen molar-refractivity contribution in [3.63, 3.8) is 0 Å². The molecule has 0 saturated heterocycles. The third-order valence-corrected chi connectivity index (χ3v) is 3.61. The van der Waals surface area contributed by atoms with Crippen LogP contribution in [-0.2, 0) is 6.42 Å². The second-order valence-electron chi connectivity index (χ2n) is 4.99. The van der Waals surface area contributed by atoms with E-state index in [1.807, 2.05) is 12.1 Å². The molecule has 0 aromatic heterocycles. The molecule has 2 aromatic rings. The minimum atomic E-state index is -0.168. The molecule has 1 heterocycles. The molecule has 0 bridgehead atoms. The van der Waals surface area contributed by atoms with Gasteiger partial charge < -0.3 is 5.32 Å². The summed E-state index contributed by atoms with van der Waals surface area (Å²) in [5.74, 6) is 0.263. The van der Waals surface area contributed by atoms with Gasteiger partial charge in [-0.15, -0.1) is 0 Å². The maximum atomic E-state index is 12.9. The first-order chi connectivity index (χ1) is 8.72. The van der Waals surface area contributed by atoms with E-state index in [4.69, 9.17) is 0 Å². The van der Waals surface area contributed by atoms with Crippen LogP contribution in [0.4, 0.5) is 10.1 Å². The van der Waals surface area contributed by atoms with Gasteiger partial charge in [0.25, 0.3) is 0 Å². The minimum absolute atomic E-state index is 0.168. The van der Waals surface area contributed by atoms with Gasteiger partial charge in [0.1, 0.15) is 5.82 Å². The highest BCUT2D eigenvalue weighted by Crippen LogP contribution is 2.31. The smallest absolute Gasteiger partial charge is 0.123 e. The van der Waals surface area contributed by atoms with Crippen molar-refractivity contribution in [2.24, 2.45) is 0 Å². The van der Waals surface area contributed by atoms with Crippen molar-refractivity contribution in [2.75, 3.05) is 11.9 Å². The van der Waals surface area contributed by atoms with E-state index in [0.717, 1.165) is 13.0 Å². The molecule has 92 valence electrons. The molecule has 18 heavy (non-hydrogen) atoms. The Bertz CT molecular complexity index is 560. The molecule has 0 fully saturated rings. The van der Waals surface area contributed by atoms with Crippen molar-refractivity contribution in [3.8, 4) is 0 Å². The summed E-state index contributed by atoms with van der Waals surface area (Å²) in [5.41, 5.74) is 5.08. The molecule has 1 N–H and O–H groups in total. The van der Waals surface area contributed by atoms with E-state index in [0.29, 0.717) is 5.92 Å². The molecule has 0 amide bonds. The zero-order valence-electron chi connectivity index (χ0n) is 10.4. The third-order valence-electron chi connectivity index (χ3n) is 3.61. The Hall–Kier alpha value is -1.83. The predicted molar refractivity (Wildman–Crippen MR) is 72.5 cm³/mol. The lowest BCUT2D eigenvalue weighted by molar-refractivity contribution is 0.623. The second-order valence-corrected chi connectivity index (χ2v) is 4.99. The molecule has 1 nitrogen and oxygen atoms in total. The third kappa shape index (κ3) is 2.10. The van der Waals surface area contributed by atoms with Gasteiger partial charge >= 0.3 is 0 Å². The molecule has 1 aliphatic heterocycles. The van der Waals surface area contributed by atoms with Crippen LogP contribution in [0, 0.1) is 12.7 Å². The fraction of sp³-hybridized carbons (Fsp3) is 0.250. The summed E-state index contributed by atoms with van der Waals surface area (Å²) in [5, 5.41) is 3.47. The normalized spacial score (nSPS) is 18.0. The van der Waals surface area contributed by atoms with Gasteiger partial charge in [-0.05, 0) is 48.2 Å². The van der Waals surface area contributed by atoms with Gasteiger partial charge in [0.15, 0.2) is 0 Å². The molecular weight excluding hydrogens is 225 g/mol. The van der Waals surface area contributed by atoms with Crippen LogP contribution in [0.15, 0.2) is 42.5 Å². The number of halogens is 1. The second kappa shape index (κ2) is 4.45. The highest BCUT2D eigenvalue weighted by Gasteiger charge is 2.19. The first-order valence-electron chi connectivity index (χ1n) is 6.31. The lowest BCUT2D eigenvalue weighted by Crippen LogP contribution is -2.21. The van der Waals surface area contributed by atoms with Crippen LogP contribution in [0.25, 0.3) is 0 Å². The molecule has 1 unspecified atom stereocenters. The van der Waals surface area contributed by atoms with Crippen molar-refractivity contribution < 1.29 is 4.39 Å². The van der Waals surface area contributed by atoms with Gasteiger partial charge in [0.05, 0.1) is 0 Å². The zero-order valence-corrected chi connectivity index (χ0v) is 10.4. The fourth-order valence-electron chi connectivity index (χ4n) is 2.57. The standard InChI is InChI=1S/C16H16FN/c1-11-2-3-13-9-14(10-18-16(13)8-11)12-4-6-15(17)7-5-12/h2-8,14,18H,9-10H2,1H3. The Balaban J connectivity index is 1.86. The zero-order chi connectivity index (χ0) is 12.5. The molecule has 0 spiro atoms. The number of rotatable bonds is 1. The lowest BCUT2D eigenvalue weighted by atomic mass is 9.88. The summed E-state index contributed by atoms with van der Waals surface area (Å²) >= 11 is 0. The topological polar surface area (TPSA) is 12.0 Å². The Morgan fingerprint density at radius 3 is 2.67 bits per heavy atom. The molecular formula is C16H16FN. The van der Waals surface area contributed by atoms with Crippen molar-refractivity contribution in [2.45, 2.75) is 19.3 Å². The molecule has 3 rings (SSSR count). The monoisotopic (exact) mass is 241 g/mol. The van der Waals surface area contributed by atoms with Crippen molar-refractivity contribution in [3.05, 3.63) is 65.0 Å². The first-order valence-corrected chi connectivity index (χ1v) is 6.31. The number of nitrogens with one attached hydrogen (secondary N) is 1. The predicted octanol–water partition coefficient (Wildman–Crippen LogP) is 3.89. The van der Waals surface area contributed by atoms with E-state index in [1.54, 1.807) is 12.1 Å². The van der Waals surface area contributed by atoms with Gasteiger partial charge in [0.2, 0.25) is 0 Å². The van der Waals surface area contributed by atoms with Gasteiger partial charge in [-0.2, -0.15) is 0 Å². The quantitative estimate of drug-likeness (QED) is 0.798. The number of fused-ring (bicyclic) bond motifs is 1. The Morgan fingerprint density at radius 2 is 1.89 bits per heavy atom. The van der Waals surface area contributed by atoms with Gasteiger partial charge in [-0.3, -0.25) is 0 Å². The van der Waals surface area contributed by atoms with Crippen LogP contribution in [-0.4, -0.2) is 6.54 Å². The Morgan fingerprint density at radius 1 is 1.11 bits per heavy atom. The summed E-state index contributed by atoms with van der Waals surface area (Å²) < 4.78 is 12.9. The Labute approximate surface area is 107 Å². The summed E-state index contributed by atoms with van der Waals surface area (Å²) in [6.07, 6.45) is 1.02. The van der Waals surface area contributed by atoms with Gasteiger partial charge in [-0.25, -0.2) is 4.39 Å². The van der Waals surface area contributed by atoms with Crippen LogP contribution in [0.2, 0.25) is 0 Å². The highest BCUT2D eigenvalue weighted by atomic mass is 19.1. The molecule has 0 radical (unpaired) electrons. The van der Waals surface area contributed by atoms with E-state index in [-0.39, 0.29) is 5.82 Å². The van der Waals surface area contributed by atoms with Crippen LogP contribution in [0.1, 0.15) is 22.6 Å². The lowest BCUT2D eigenvalue weighted by Gasteiger charge is -2.26. The molecule has 0 saturated carbocycles. The molecule has 1 aliphatic rings. The molecule has 1 atom stereocenters. The van der Waals surface area contributed by atoms with E-state index < -0.39 is 0 Å². The molecule has 2 heteroatoms. The maximum Gasteiger partial charge on any atom is 0.123 e. The number of hydrogen-bond acceptors (Lipinski definition) is 1. The van der Waals surface area contributed by atoms with E-state index in [1.165, 1.54) is 22.4 Å². The van der Waals surface area contributed by atoms with Crippen LogP contribution >= 0.6 is 0 Å². The van der Waals surface area contributed by atoms with Crippen LogP contribution in [0.3, 0.4) is 0 Å². The fourth-order valence-corrected chi connectivity index (χ4v) is 2.57. The van der Waals surface area contributed by atoms with Crippen molar-refractivity contribution >= 4 is 5.69 Å². The van der Waals surface area contributed by atoms with Crippen LogP contribution in [0.5, 0.6) is 0 Å². The summed E-state index contributed by atoms with van der Waals surface area (Å²) in [4.78, 5) is 0. The molecule has 0 aliphatic carbocycles. The van der Waals surface area contributed by atoms with Gasteiger partial charge in [0, 0.05) is 18.2 Å². The molecule has 2 aromatic carbocycles. The average Bonchev–Trinajstić information content (AvgIpc) is 2.39. The summed E-state index contributed by atoms with van der Waals surface area (Å²) in [6, 6.07) is 13.4. The Kier molecular flexibility index (Phi) is 2.78. The van der Waals surface area contributed by atoms with Gasteiger partial charge in [-0.1, -0.05) is 24.3 Å². The number of anilines is 1. The number of hydrogen-bond donors (Lipinski definition) is 1.